The summed E-state index contributed by atoms with van der Waals surface area (Å²) >= 11 is 0. The molecule has 33 heavy (non-hydrogen) atoms. The van der Waals surface area contributed by atoms with Crippen molar-refractivity contribution in [2.75, 3.05) is 0 Å². The van der Waals surface area contributed by atoms with Crippen LogP contribution >= 0.6 is 0 Å². The molecule has 0 saturated carbocycles. The van der Waals surface area contributed by atoms with Crippen LogP contribution < -0.4 is 0 Å². The summed E-state index contributed by atoms with van der Waals surface area (Å²) in [5.74, 6) is -4.17. The van der Waals surface area contributed by atoms with Gasteiger partial charge in [-0.2, -0.15) is 10.2 Å². The lowest BCUT2D eigenvalue weighted by atomic mass is 9.81. The third-order valence-electron chi connectivity index (χ3n) is 6.62. The number of halogens is 3. The van der Waals surface area contributed by atoms with Crippen molar-refractivity contribution >= 4 is 11.6 Å². The van der Waals surface area contributed by atoms with Crippen LogP contribution in [0.3, 0.4) is 0 Å². The van der Waals surface area contributed by atoms with Gasteiger partial charge in [0.15, 0.2) is 28.8 Å². The van der Waals surface area contributed by atoms with Crippen LogP contribution in [-0.2, 0) is 13.5 Å². The smallest absolute Gasteiger partial charge is 0.275 e. The number of piperidine rings is 1. The van der Waals surface area contributed by atoms with Gasteiger partial charge in [-0.1, -0.05) is 0 Å². The van der Waals surface area contributed by atoms with Gasteiger partial charge in [-0.05, 0) is 43.9 Å². The Morgan fingerprint density at radius 1 is 1.09 bits per heavy atom. The molecule has 1 fully saturated rings. The van der Waals surface area contributed by atoms with E-state index in [2.05, 4.69) is 15.2 Å². The lowest BCUT2D eigenvalue weighted by molar-refractivity contribution is 0.0385. The van der Waals surface area contributed by atoms with Gasteiger partial charge in [0, 0.05) is 42.7 Å². The topological polar surface area (TPSA) is 68.3 Å². The van der Waals surface area contributed by atoms with Crippen LogP contribution in [0, 0.1) is 17.5 Å². The zero-order valence-corrected chi connectivity index (χ0v) is 17.7. The maximum atomic E-state index is 14.0. The highest BCUT2D eigenvalue weighted by atomic mass is 19.2. The van der Waals surface area contributed by atoms with Crippen LogP contribution in [0.5, 0.6) is 0 Å². The molecule has 5 heterocycles. The summed E-state index contributed by atoms with van der Waals surface area (Å²) in [4.78, 5) is 19.6. The van der Waals surface area contributed by atoms with Crippen molar-refractivity contribution in [3.8, 4) is 11.3 Å². The second-order valence-corrected chi connectivity index (χ2v) is 8.56. The molecular weight excluding hydrogens is 433 g/mol. The minimum Gasteiger partial charge on any atom is -0.325 e. The van der Waals surface area contributed by atoms with Crippen molar-refractivity contribution in [2.45, 2.75) is 37.8 Å². The van der Waals surface area contributed by atoms with E-state index in [4.69, 9.17) is 0 Å². The van der Waals surface area contributed by atoms with E-state index < -0.39 is 17.5 Å². The van der Waals surface area contributed by atoms with Crippen molar-refractivity contribution in [3.63, 3.8) is 0 Å². The number of aromatic nitrogens is 5. The predicted molar refractivity (Wildman–Crippen MR) is 112 cm³/mol. The standard InChI is InChI=1S/C23H19F3N6O/c1-30-22(12-8-15(24)20(26)16(25)9-12)14-10-13-4-2-5-18(21(14)29-30)32(13)23(33)17-11-19-27-6-3-7-31(19)28-17/h3,6-9,11,13,18H,2,4-5,10H2,1H3. The highest BCUT2D eigenvalue weighted by Gasteiger charge is 2.44. The van der Waals surface area contributed by atoms with Gasteiger partial charge in [0.2, 0.25) is 0 Å². The number of amides is 1. The van der Waals surface area contributed by atoms with Crippen molar-refractivity contribution in [1.82, 2.24) is 29.3 Å². The van der Waals surface area contributed by atoms with Crippen LogP contribution in [0.1, 0.15) is 47.1 Å². The minimum absolute atomic E-state index is 0.0976. The Hall–Kier alpha value is -3.69. The number of carbonyl (C=O) groups is 1. The summed E-state index contributed by atoms with van der Waals surface area (Å²) in [6.45, 7) is 0. The van der Waals surface area contributed by atoms with Crippen LogP contribution in [0.4, 0.5) is 13.2 Å². The summed E-state index contributed by atoms with van der Waals surface area (Å²) in [5, 5.41) is 9.03. The zero-order chi connectivity index (χ0) is 22.9. The molecule has 6 rings (SSSR count). The fourth-order valence-electron chi connectivity index (χ4n) is 5.27. The molecular formula is C23H19F3N6O. The predicted octanol–water partition coefficient (Wildman–Crippen LogP) is 3.84. The van der Waals surface area contributed by atoms with E-state index in [1.807, 2.05) is 4.90 Å². The second-order valence-electron chi connectivity index (χ2n) is 8.56. The number of fused-ring (bicyclic) bond motifs is 5. The first-order chi connectivity index (χ1) is 15.9. The Bertz CT molecular complexity index is 1370. The van der Waals surface area contributed by atoms with Gasteiger partial charge in [0.1, 0.15) is 0 Å². The van der Waals surface area contributed by atoms with Crippen LogP contribution in [0.15, 0.2) is 36.7 Å². The van der Waals surface area contributed by atoms with Gasteiger partial charge in [-0.25, -0.2) is 22.7 Å². The van der Waals surface area contributed by atoms with E-state index in [-0.39, 0.29) is 23.6 Å². The number of carbonyl (C=O) groups excluding carboxylic acids is 1. The number of benzene rings is 1. The zero-order valence-electron chi connectivity index (χ0n) is 17.7. The van der Waals surface area contributed by atoms with E-state index in [0.717, 1.165) is 37.0 Å². The molecule has 4 aromatic rings. The molecule has 0 N–H and O–H groups in total. The second kappa shape index (κ2) is 7.16. The normalized spacial score (nSPS) is 19.7. The molecule has 0 radical (unpaired) electrons. The molecule has 168 valence electrons. The Morgan fingerprint density at radius 2 is 1.88 bits per heavy atom. The first-order valence-corrected chi connectivity index (χ1v) is 10.8. The number of rotatable bonds is 2. The highest BCUT2D eigenvalue weighted by molar-refractivity contribution is 5.94. The summed E-state index contributed by atoms with van der Waals surface area (Å²) in [7, 11) is 1.69. The molecule has 0 aliphatic carbocycles. The molecule has 10 heteroatoms. The lowest BCUT2D eigenvalue weighted by Gasteiger charge is -2.45. The Morgan fingerprint density at radius 3 is 2.64 bits per heavy atom. The number of hydrogen-bond donors (Lipinski definition) is 0. The van der Waals surface area contributed by atoms with Crippen molar-refractivity contribution in [2.24, 2.45) is 7.05 Å². The molecule has 1 aromatic carbocycles. The molecule has 2 bridgehead atoms. The Kier molecular flexibility index (Phi) is 4.33. The first-order valence-electron chi connectivity index (χ1n) is 10.8. The maximum Gasteiger partial charge on any atom is 0.275 e. The summed E-state index contributed by atoms with van der Waals surface area (Å²) in [5.41, 5.74) is 3.23. The van der Waals surface area contributed by atoms with E-state index in [1.54, 1.807) is 40.8 Å². The SMILES string of the molecule is Cn1nc2c(c1-c1cc(F)c(F)c(F)c1)CC1CCCC2N1C(=O)c1cc2ncccn2n1. The van der Waals surface area contributed by atoms with Crippen LogP contribution in [0.2, 0.25) is 0 Å². The summed E-state index contributed by atoms with van der Waals surface area (Å²) < 4.78 is 44.6. The summed E-state index contributed by atoms with van der Waals surface area (Å²) in [6.07, 6.45) is 6.34. The third-order valence-corrected chi connectivity index (χ3v) is 6.62. The van der Waals surface area contributed by atoms with Crippen molar-refractivity contribution in [3.05, 3.63) is 71.1 Å². The van der Waals surface area contributed by atoms with Crippen LogP contribution in [-0.4, -0.2) is 41.2 Å². The maximum absolute atomic E-state index is 14.0. The average Bonchev–Trinajstić information content (AvgIpc) is 3.37. The fraction of sp³-hybridized carbons (Fsp3) is 0.304. The molecule has 1 saturated heterocycles. The van der Waals surface area contributed by atoms with Gasteiger partial charge < -0.3 is 4.90 Å². The van der Waals surface area contributed by atoms with Gasteiger partial charge in [0.05, 0.1) is 17.4 Å². The summed E-state index contributed by atoms with van der Waals surface area (Å²) in [6, 6.07) is 5.03. The minimum atomic E-state index is -1.50. The number of aryl methyl sites for hydroxylation is 1. The monoisotopic (exact) mass is 452 g/mol. The Balaban J connectivity index is 1.43. The van der Waals surface area contributed by atoms with Crippen LogP contribution in [0.25, 0.3) is 16.9 Å². The van der Waals surface area contributed by atoms with E-state index in [1.165, 1.54) is 0 Å². The third kappa shape index (κ3) is 2.96. The average molecular weight is 452 g/mol. The fourth-order valence-corrected chi connectivity index (χ4v) is 5.27. The van der Waals surface area contributed by atoms with Gasteiger partial charge >= 0.3 is 0 Å². The molecule has 2 aliphatic rings. The van der Waals surface area contributed by atoms with E-state index >= 15 is 0 Å². The number of hydrogen-bond acceptors (Lipinski definition) is 4. The molecule has 1 amide bonds. The van der Waals surface area contributed by atoms with Gasteiger partial charge in [-0.15, -0.1) is 0 Å². The van der Waals surface area contributed by atoms with E-state index in [9.17, 15) is 18.0 Å². The molecule has 2 atom stereocenters. The molecule has 0 spiro atoms. The van der Waals surface area contributed by atoms with Gasteiger partial charge in [0.25, 0.3) is 5.91 Å². The molecule has 2 unspecified atom stereocenters. The molecule has 2 aliphatic heterocycles. The van der Waals surface area contributed by atoms with Crippen molar-refractivity contribution < 1.29 is 18.0 Å². The van der Waals surface area contributed by atoms with Crippen molar-refractivity contribution in [1.29, 1.82) is 0 Å². The highest BCUT2D eigenvalue weighted by Crippen LogP contribution is 2.45. The van der Waals surface area contributed by atoms with E-state index in [0.29, 0.717) is 29.1 Å². The quantitative estimate of drug-likeness (QED) is 0.434. The first kappa shape index (κ1) is 20.0. The molecule has 7 nitrogen and oxygen atoms in total. The Labute approximate surface area is 186 Å². The molecule has 3 aromatic heterocycles. The van der Waals surface area contributed by atoms with Gasteiger partial charge in [-0.3, -0.25) is 9.48 Å². The lowest BCUT2D eigenvalue weighted by Crippen LogP contribution is -2.50. The number of nitrogens with zero attached hydrogens (tertiary/aromatic N) is 6. The largest absolute Gasteiger partial charge is 0.325 e.